The summed E-state index contributed by atoms with van der Waals surface area (Å²) in [5.41, 5.74) is 8.77. The van der Waals surface area contributed by atoms with Crippen molar-refractivity contribution in [2.45, 2.75) is 58.3 Å². The van der Waals surface area contributed by atoms with Crippen LogP contribution in [0, 0.1) is 0 Å². The molecule has 162 valence electrons. The summed E-state index contributed by atoms with van der Waals surface area (Å²) >= 11 is 0. The highest BCUT2D eigenvalue weighted by atomic mass is 15.1. The predicted molar refractivity (Wildman–Crippen MR) is 134 cm³/mol. The van der Waals surface area contributed by atoms with Crippen molar-refractivity contribution in [3.8, 4) is 0 Å². The zero-order valence-corrected chi connectivity index (χ0v) is 20.3. The van der Waals surface area contributed by atoms with E-state index in [1.54, 1.807) is 0 Å². The van der Waals surface area contributed by atoms with Gasteiger partial charge in [0.2, 0.25) is 0 Å². The molecule has 2 aromatic carbocycles. The predicted octanol–water partition coefficient (Wildman–Crippen LogP) is 6.59. The zero-order valence-electron chi connectivity index (χ0n) is 20.3. The van der Waals surface area contributed by atoms with Gasteiger partial charge < -0.3 is 9.80 Å². The van der Waals surface area contributed by atoms with Crippen LogP contribution in [0.2, 0.25) is 0 Å². The first-order valence-electron chi connectivity index (χ1n) is 11.3. The second kappa shape index (κ2) is 8.59. The molecule has 0 bridgehead atoms. The number of nitrogens with zero attached hydrogens (tertiary/aromatic N) is 2. The molecule has 2 nitrogen and oxygen atoms in total. The van der Waals surface area contributed by atoms with Crippen LogP contribution in [0.15, 0.2) is 42.5 Å². The first-order valence-corrected chi connectivity index (χ1v) is 11.3. The van der Waals surface area contributed by atoms with Gasteiger partial charge in [0, 0.05) is 25.8 Å². The van der Waals surface area contributed by atoms with Crippen LogP contribution >= 0.6 is 0 Å². The molecule has 1 aliphatic carbocycles. The standard InChI is InChI=1S/C28H40N2/c1-21(19-22-9-12-24(13-10-22)30(8)18-17-29(6)7)23-11-14-25-26(20-23)28(4,5)16-15-27(25,2)3/h9-14,19-20H,15-18H2,1-8H3/b21-19+. The summed E-state index contributed by atoms with van der Waals surface area (Å²) in [5.74, 6) is 0. The van der Waals surface area contributed by atoms with Gasteiger partial charge in [-0.05, 0) is 84.7 Å². The fourth-order valence-electron chi connectivity index (χ4n) is 4.47. The molecule has 0 atom stereocenters. The van der Waals surface area contributed by atoms with E-state index in [4.69, 9.17) is 0 Å². The number of hydrogen-bond acceptors (Lipinski definition) is 2. The SMILES string of the molecule is C/C(=C\c1ccc(N(C)CCN(C)C)cc1)c1ccc2c(c1)C(C)(C)CCC2(C)C. The summed E-state index contributed by atoms with van der Waals surface area (Å²) in [6.45, 7) is 13.9. The summed E-state index contributed by atoms with van der Waals surface area (Å²) < 4.78 is 0. The largest absolute Gasteiger partial charge is 0.373 e. The molecule has 0 amide bonds. The molecular weight excluding hydrogens is 364 g/mol. The lowest BCUT2D eigenvalue weighted by Crippen LogP contribution is -2.33. The molecular formula is C28H40N2. The summed E-state index contributed by atoms with van der Waals surface area (Å²) in [6.07, 6.45) is 4.82. The zero-order chi connectivity index (χ0) is 22.1. The Balaban J connectivity index is 1.82. The monoisotopic (exact) mass is 404 g/mol. The highest BCUT2D eigenvalue weighted by Gasteiger charge is 2.36. The summed E-state index contributed by atoms with van der Waals surface area (Å²) in [4.78, 5) is 4.53. The van der Waals surface area contributed by atoms with E-state index in [2.05, 4.69) is 114 Å². The second-order valence-electron chi connectivity index (χ2n) is 10.7. The summed E-state index contributed by atoms with van der Waals surface area (Å²) in [5, 5.41) is 0. The van der Waals surface area contributed by atoms with Gasteiger partial charge in [0.15, 0.2) is 0 Å². The van der Waals surface area contributed by atoms with Gasteiger partial charge in [-0.15, -0.1) is 0 Å². The Kier molecular flexibility index (Phi) is 6.48. The highest BCUT2D eigenvalue weighted by molar-refractivity contribution is 5.81. The van der Waals surface area contributed by atoms with E-state index >= 15 is 0 Å². The molecule has 1 aliphatic rings. The first-order chi connectivity index (χ1) is 14.0. The van der Waals surface area contributed by atoms with Gasteiger partial charge in [0.1, 0.15) is 0 Å². The Bertz CT molecular complexity index is 901. The quantitative estimate of drug-likeness (QED) is 0.501. The van der Waals surface area contributed by atoms with Crippen LogP contribution in [0.4, 0.5) is 5.69 Å². The van der Waals surface area contributed by atoms with Gasteiger partial charge in [-0.3, -0.25) is 0 Å². The minimum atomic E-state index is 0.250. The van der Waals surface area contributed by atoms with Crippen LogP contribution in [-0.2, 0) is 10.8 Å². The molecule has 30 heavy (non-hydrogen) atoms. The summed E-state index contributed by atoms with van der Waals surface area (Å²) in [6, 6.07) is 16.1. The van der Waals surface area contributed by atoms with Gasteiger partial charge in [-0.1, -0.05) is 64.1 Å². The Labute approximate surface area is 184 Å². The molecule has 0 fully saturated rings. The van der Waals surface area contributed by atoms with Crippen molar-refractivity contribution in [1.29, 1.82) is 0 Å². The van der Waals surface area contributed by atoms with Crippen LogP contribution in [0.25, 0.3) is 11.6 Å². The molecule has 0 saturated carbocycles. The molecule has 0 heterocycles. The lowest BCUT2D eigenvalue weighted by Gasteiger charge is -2.42. The van der Waals surface area contributed by atoms with Crippen molar-refractivity contribution < 1.29 is 0 Å². The highest BCUT2D eigenvalue weighted by Crippen LogP contribution is 2.46. The van der Waals surface area contributed by atoms with E-state index in [-0.39, 0.29) is 10.8 Å². The van der Waals surface area contributed by atoms with Crippen LogP contribution in [0.1, 0.15) is 69.7 Å². The topological polar surface area (TPSA) is 6.48 Å². The Hall–Kier alpha value is -2.06. The Morgan fingerprint density at radius 2 is 1.43 bits per heavy atom. The van der Waals surface area contributed by atoms with E-state index in [0.29, 0.717) is 0 Å². The minimum absolute atomic E-state index is 0.250. The van der Waals surface area contributed by atoms with Crippen LogP contribution in [0.3, 0.4) is 0 Å². The van der Waals surface area contributed by atoms with Crippen molar-refractivity contribution in [3.05, 3.63) is 64.7 Å². The van der Waals surface area contributed by atoms with Gasteiger partial charge in [0.25, 0.3) is 0 Å². The molecule has 0 aromatic heterocycles. The molecule has 0 unspecified atom stereocenters. The average molecular weight is 405 g/mol. The maximum atomic E-state index is 2.45. The third kappa shape index (κ3) is 4.98. The molecule has 3 rings (SSSR count). The van der Waals surface area contributed by atoms with E-state index in [9.17, 15) is 0 Å². The Morgan fingerprint density at radius 3 is 2.03 bits per heavy atom. The fourth-order valence-corrected chi connectivity index (χ4v) is 4.47. The van der Waals surface area contributed by atoms with Gasteiger partial charge in [0.05, 0.1) is 0 Å². The molecule has 0 radical (unpaired) electrons. The second-order valence-corrected chi connectivity index (χ2v) is 10.7. The number of anilines is 1. The van der Waals surface area contributed by atoms with Crippen molar-refractivity contribution in [2.24, 2.45) is 0 Å². The van der Waals surface area contributed by atoms with Crippen molar-refractivity contribution in [2.75, 3.05) is 39.1 Å². The minimum Gasteiger partial charge on any atom is -0.373 e. The number of fused-ring (bicyclic) bond motifs is 1. The van der Waals surface area contributed by atoms with Crippen molar-refractivity contribution >= 4 is 17.3 Å². The fraction of sp³-hybridized carbons (Fsp3) is 0.500. The number of rotatable bonds is 6. The average Bonchev–Trinajstić information content (AvgIpc) is 2.70. The maximum absolute atomic E-state index is 2.45. The molecule has 0 spiro atoms. The normalized spacial score (nSPS) is 17.7. The van der Waals surface area contributed by atoms with Crippen LogP contribution < -0.4 is 4.90 Å². The molecule has 2 aromatic rings. The first kappa shape index (κ1) is 22.6. The van der Waals surface area contributed by atoms with E-state index in [1.807, 2.05) is 0 Å². The number of likely N-dealkylation sites (N-methyl/N-ethyl adjacent to an activating group) is 2. The lowest BCUT2D eigenvalue weighted by atomic mass is 9.63. The smallest absolute Gasteiger partial charge is 0.0364 e. The number of allylic oxidation sites excluding steroid dienone is 1. The number of hydrogen-bond donors (Lipinski definition) is 0. The summed E-state index contributed by atoms with van der Waals surface area (Å²) in [7, 11) is 6.40. The van der Waals surface area contributed by atoms with Gasteiger partial charge >= 0.3 is 0 Å². The third-order valence-corrected chi connectivity index (χ3v) is 6.91. The van der Waals surface area contributed by atoms with E-state index < -0.39 is 0 Å². The lowest BCUT2D eigenvalue weighted by molar-refractivity contribution is 0.332. The molecule has 0 aliphatic heterocycles. The van der Waals surface area contributed by atoms with Crippen LogP contribution in [-0.4, -0.2) is 39.1 Å². The molecule has 2 heteroatoms. The third-order valence-electron chi connectivity index (χ3n) is 6.91. The van der Waals surface area contributed by atoms with Crippen LogP contribution in [0.5, 0.6) is 0 Å². The molecule has 0 saturated heterocycles. The number of benzene rings is 2. The Morgan fingerprint density at radius 1 is 0.833 bits per heavy atom. The van der Waals surface area contributed by atoms with Gasteiger partial charge in [-0.25, -0.2) is 0 Å². The van der Waals surface area contributed by atoms with E-state index in [1.165, 1.54) is 46.4 Å². The van der Waals surface area contributed by atoms with E-state index in [0.717, 1.165) is 13.1 Å². The van der Waals surface area contributed by atoms with Crippen molar-refractivity contribution in [3.63, 3.8) is 0 Å². The molecule has 0 N–H and O–H groups in total. The maximum Gasteiger partial charge on any atom is 0.0364 e. The van der Waals surface area contributed by atoms with Crippen molar-refractivity contribution in [1.82, 2.24) is 4.90 Å². The van der Waals surface area contributed by atoms with Gasteiger partial charge in [-0.2, -0.15) is 0 Å².